The standard InChI is InChI=1S/C16H18ClN3O2/c17-14-13(19-8-2-1-4-12(19)18-14)15(22)20-9-5-11(21)10-16(20)6-3-7-16/h1-2,4,8,11,21H,3,5-7,9-10H2. The summed E-state index contributed by atoms with van der Waals surface area (Å²) in [6, 6.07) is 5.57. The van der Waals surface area contributed by atoms with E-state index in [1.54, 1.807) is 4.40 Å². The molecule has 1 saturated heterocycles. The van der Waals surface area contributed by atoms with Crippen molar-refractivity contribution in [3.8, 4) is 0 Å². The summed E-state index contributed by atoms with van der Waals surface area (Å²) in [5.74, 6) is -0.0738. The van der Waals surface area contributed by atoms with Gasteiger partial charge < -0.3 is 10.0 Å². The van der Waals surface area contributed by atoms with Crippen molar-refractivity contribution in [2.45, 2.75) is 43.7 Å². The number of halogens is 1. The lowest BCUT2D eigenvalue weighted by Crippen LogP contribution is -2.61. The van der Waals surface area contributed by atoms with E-state index in [2.05, 4.69) is 4.98 Å². The highest BCUT2D eigenvalue weighted by Gasteiger charge is 2.49. The number of hydrogen-bond donors (Lipinski definition) is 1. The van der Waals surface area contributed by atoms with E-state index in [-0.39, 0.29) is 22.7 Å². The molecule has 6 heteroatoms. The minimum absolute atomic E-state index is 0.0738. The molecule has 0 aromatic carbocycles. The molecular formula is C16H18ClN3O2. The summed E-state index contributed by atoms with van der Waals surface area (Å²) >= 11 is 6.24. The monoisotopic (exact) mass is 319 g/mol. The molecule has 5 nitrogen and oxygen atoms in total. The quantitative estimate of drug-likeness (QED) is 0.878. The van der Waals surface area contributed by atoms with Crippen LogP contribution in [0.15, 0.2) is 24.4 Å². The van der Waals surface area contributed by atoms with Crippen LogP contribution in [0.5, 0.6) is 0 Å². The number of fused-ring (bicyclic) bond motifs is 1. The molecule has 1 N–H and O–H groups in total. The molecule has 0 bridgehead atoms. The summed E-state index contributed by atoms with van der Waals surface area (Å²) in [5, 5.41) is 10.2. The van der Waals surface area contributed by atoms with Gasteiger partial charge in [-0.25, -0.2) is 4.98 Å². The third-order valence-electron chi connectivity index (χ3n) is 5.09. The van der Waals surface area contributed by atoms with Gasteiger partial charge in [0, 0.05) is 18.3 Å². The third kappa shape index (κ3) is 1.96. The Balaban J connectivity index is 1.75. The number of amides is 1. The smallest absolute Gasteiger partial charge is 0.274 e. The number of carbonyl (C=O) groups excluding carboxylic acids is 1. The second kappa shape index (κ2) is 4.96. The van der Waals surface area contributed by atoms with E-state index in [0.29, 0.717) is 30.7 Å². The Kier molecular flexibility index (Phi) is 3.16. The van der Waals surface area contributed by atoms with Crippen LogP contribution < -0.4 is 0 Å². The van der Waals surface area contributed by atoms with Crippen LogP contribution in [0.4, 0.5) is 0 Å². The molecule has 1 amide bonds. The van der Waals surface area contributed by atoms with Gasteiger partial charge in [-0.05, 0) is 44.2 Å². The summed E-state index contributed by atoms with van der Waals surface area (Å²) in [4.78, 5) is 19.3. The lowest BCUT2D eigenvalue weighted by molar-refractivity contribution is -0.0487. The van der Waals surface area contributed by atoms with Gasteiger partial charge in [0.2, 0.25) is 0 Å². The van der Waals surface area contributed by atoms with Gasteiger partial charge in [-0.15, -0.1) is 0 Å². The number of pyridine rings is 1. The molecule has 4 rings (SSSR count). The molecule has 2 aromatic heterocycles. The summed E-state index contributed by atoms with van der Waals surface area (Å²) in [7, 11) is 0. The fraction of sp³-hybridized carbons (Fsp3) is 0.500. The molecular weight excluding hydrogens is 302 g/mol. The van der Waals surface area contributed by atoms with Crippen molar-refractivity contribution < 1.29 is 9.90 Å². The molecule has 1 atom stereocenters. The number of aliphatic hydroxyl groups is 1. The SMILES string of the molecule is O=C(c1c(Cl)nc2ccccn12)N1CCC(O)CC12CCC2. The highest BCUT2D eigenvalue weighted by atomic mass is 35.5. The van der Waals surface area contributed by atoms with Crippen LogP contribution in [-0.2, 0) is 0 Å². The van der Waals surface area contributed by atoms with E-state index in [0.717, 1.165) is 19.3 Å². The highest BCUT2D eigenvalue weighted by Crippen LogP contribution is 2.45. The number of aliphatic hydroxyl groups excluding tert-OH is 1. The molecule has 1 aliphatic heterocycles. The van der Waals surface area contributed by atoms with Gasteiger partial charge in [-0.3, -0.25) is 9.20 Å². The lowest BCUT2D eigenvalue weighted by Gasteiger charge is -2.54. The molecule has 1 aliphatic carbocycles. The molecule has 1 unspecified atom stereocenters. The largest absolute Gasteiger partial charge is 0.393 e. The molecule has 22 heavy (non-hydrogen) atoms. The van der Waals surface area contributed by atoms with Crippen molar-refractivity contribution in [1.82, 2.24) is 14.3 Å². The van der Waals surface area contributed by atoms with Gasteiger partial charge in [-0.2, -0.15) is 0 Å². The number of imidazole rings is 1. The molecule has 2 aliphatic rings. The topological polar surface area (TPSA) is 57.8 Å². The summed E-state index contributed by atoms with van der Waals surface area (Å²) in [6.07, 6.45) is 5.84. The van der Waals surface area contributed by atoms with E-state index < -0.39 is 0 Å². The Morgan fingerprint density at radius 1 is 1.41 bits per heavy atom. The fourth-order valence-electron chi connectivity index (χ4n) is 3.83. The van der Waals surface area contributed by atoms with Gasteiger partial charge in [0.25, 0.3) is 5.91 Å². The van der Waals surface area contributed by atoms with Gasteiger partial charge in [0.05, 0.1) is 6.10 Å². The van der Waals surface area contributed by atoms with Crippen LogP contribution >= 0.6 is 11.6 Å². The predicted molar refractivity (Wildman–Crippen MR) is 83.1 cm³/mol. The van der Waals surface area contributed by atoms with Crippen molar-refractivity contribution in [2.24, 2.45) is 0 Å². The molecule has 116 valence electrons. The van der Waals surface area contributed by atoms with Crippen LogP contribution in [-0.4, -0.2) is 43.5 Å². The first kappa shape index (κ1) is 14.0. The summed E-state index contributed by atoms with van der Waals surface area (Å²) < 4.78 is 1.75. The van der Waals surface area contributed by atoms with Gasteiger partial charge in [-0.1, -0.05) is 17.7 Å². The van der Waals surface area contributed by atoms with E-state index in [4.69, 9.17) is 11.6 Å². The first-order valence-corrected chi connectivity index (χ1v) is 8.11. The number of hydrogen-bond acceptors (Lipinski definition) is 3. The predicted octanol–water partition coefficient (Wildman–Crippen LogP) is 2.51. The summed E-state index contributed by atoms with van der Waals surface area (Å²) in [6.45, 7) is 0.580. The van der Waals surface area contributed by atoms with E-state index >= 15 is 0 Å². The van der Waals surface area contributed by atoms with Crippen molar-refractivity contribution >= 4 is 23.2 Å². The van der Waals surface area contributed by atoms with Crippen LogP contribution in [0.3, 0.4) is 0 Å². The normalized spacial score (nSPS) is 23.7. The third-order valence-corrected chi connectivity index (χ3v) is 5.36. The Morgan fingerprint density at radius 3 is 2.95 bits per heavy atom. The van der Waals surface area contributed by atoms with Crippen LogP contribution in [0, 0.1) is 0 Å². The number of aromatic nitrogens is 2. The average molecular weight is 320 g/mol. The van der Waals surface area contributed by atoms with E-state index in [1.165, 1.54) is 0 Å². The number of rotatable bonds is 1. The number of piperidine rings is 1. The molecule has 2 fully saturated rings. The van der Waals surface area contributed by atoms with Crippen LogP contribution in [0.25, 0.3) is 5.65 Å². The van der Waals surface area contributed by atoms with Gasteiger partial charge in [0.15, 0.2) is 10.8 Å². The molecule has 1 spiro atoms. The molecule has 3 heterocycles. The molecule has 2 aromatic rings. The van der Waals surface area contributed by atoms with Crippen molar-refractivity contribution in [3.05, 3.63) is 35.2 Å². The number of likely N-dealkylation sites (tertiary alicyclic amines) is 1. The van der Waals surface area contributed by atoms with E-state index in [9.17, 15) is 9.90 Å². The maximum atomic E-state index is 13.1. The number of nitrogens with zero attached hydrogens (tertiary/aromatic N) is 3. The Morgan fingerprint density at radius 2 is 2.23 bits per heavy atom. The van der Waals surface area contributed by atoms with E-state index in [1.807, 2.05) is 29.3 Å². The first-order valence-electron chi connectivity index (χ1n) is 7.73. The zero-order valence-corrected chi connectivity index (χ0v) is 13.0. The Bertz CT molecular complexity index is 738. The van der Waals surface area contributed by atoms with Crippen LogP contribution in [0.1, 0.15) is 42.6 Å². The lowest BCUT2D eigenvalue weighted by atomic mass is 9.69. The zero-order chi connectivity index (χ0) is 15.3. The Labute approximate surface area is 133 Å². The fourth-order valence-corrected chi connectivity index (χ4v) is 4.09. The van der Waals surface area contributed by atoms with Crippen molar-refractivity contribution in [1.29, 1.82) is 0 Å². The summed E-state index contributed by atoms with van der Waals surface area (Å²) in [5.41, 5.74) is 0.923. The zero-order valence-electron chi connectivity index (χ0n) is 12.2. The van der Waals surface area contributed by atoms with Crippen molar-refractivity contribution in [2.75, 3.05) is 6.54 Å². The average Bonchev–Trinajstić information content (AvgIpc) is 2.80. The second-order valence-electron chi connectivity index (χ2n) is 6.36. The van der Waals surface area contributed by atoms with Gasteiger partial charge in [0.1, 0.15) is 5.65 Å². The maximum Gasteiger partial charge on any atom is 0.274 e. The Hall–Kier alpha value is -1.59. The highest BCUT2D eigenvalue weighted by molar-refractivity contribution is 6.32. The molecule has 0 radical (unpaired) electrons. The molecule has 1 saturated carbocycles. The maximum absolute atomic E-state index is 13.1. The van der Waals surface area contributed by atoms with Crippen molar-refractivity contribution in [3.63, 3.8) is 0 Å². The second-order valence-corrected chi connectivity index (χ2v) is 6.72. The minimum atomic E-state index is -0.304. The van der Waals surface area contributed by atoms with Crippen LogP contribution in [0.2, 0.25) is 5.15 Å². The first-order chi connectivity index (χ1) is 10.6. The number of carbonyl (C=O) groups is 1. The minimum Gasteiger partial charge on any atom is -0.393 e. The van der Waals surface area contributed by atoms with Gasteiger partial charge >= 0.3 is 0 Å².